The van der Waals surface area contributed by atoms with Crippen LogP contribution in [-0.4, -0.2) is 30.6 Å². The molecule has 0 radical (unpaired) electrons. The van der Waals surface area contributed by atoms with Crippen molar-refractivity contribution in [1.82, 2.24) is 15.6 Å². The van der Waals surface area contributed by atoms with Crippen LogP contribution in [0, 0.1) is 11.8 Å². The van der Waals surface area contributed by atoms with Crippen LogP contribution >= 0.6 is 0 Å². The van der Waals surface area contributed by atoms with Crippen LogP contribution in [0.5, 0.6) is 5.88 Å². The lowest BCUT2D eigenvalue weighted by Crippen LogP contribution is -2.43. The van der Waals surface area contributed by atoms with Gasteiger partial charge in [-0.1, -0.05) is 12.5 Å². The summed E-state index contributed by atoms with van der Waals surface area (Å²) in [4.78, 5) is 16.5. The molecule has 1 saturated carbocycles. The number of amides is 1. The van der Waals surface area contributed by atoms with E-state index in [1.54, 1.807) is 13.3 Å². The Morgan fingerprint density at radius 3 is 3.30 bits per heavy atom. The monoisotopic (exact) mass is 275 g/mol. The van der Waals surface area contributed by atoms with E-state index in [2.05, 4.69) is 15.6 Å². The summed E-state index contributed by atoms with van der Waals surface area (Å²) < 4.78 is 5.19. The zero-order valence-electron chi connectivity index (χ0n) is 11.8. The highest BCUT2D eigenvalue weighted by Gasteiger charge is 2.42. The first-order valence-corrected chi connectivity index (χ1v) is 7.28. The van der Waals surface area contributed by atoms with Gasteiger partial charge < -0.3 is 15.4 Å². The summed E-state index contributed by atoms with van der Waals surface area (Å²) in [6.07, 6.45) is 5.38. The van der Waals surface area contributed by atoms with Crippen LogP contribution in [-0.2, 0) is 11.3 Å². The predicted molar refractivity (Wildman–Crippen MR) is 75.3 cm³/mol. The Kier molecular flexibility index (Phi) is 3.87. The SMILES string of the molecule is COc1ncccc1CNC(=O)C1NCC2CCCC21. The summed E-state index contributed by atoms with van der Waals surface area (Å²) in [5.74, 6) is 1.89. The molecule has 1 amide bonds. The molecular weight excluding hydrogens is 254 g/mol. The summed E-state index contributed by atoms with van der Waals surface area (Å²) in [7, 11) is 1.59. The molecule has 5 nitrogen and oxygen atoms in total. The topological polar surface area (TPSA) is 63.2 Å². The first kappa shape index (κ1) is 13.4. The van der Waals surface area contributed by atoms with E-state index < -0.39 is 0 Å². The van der Waals surface area contributed by atoms with Crippen LogP contribution < -0.4 is 15.4 Å². The molecule has 3 unspecified atom stereocenters. The number of hydrogen-bond acceptors (Lipinski definition) is 4. The maximum Gasteiger partial charge on any atom is 0.237 e. The normalized spacial score (nSPS) is 28.1. The number of methoxy groups -OCH3 is 1. The lowest BCUT2D eigenvalue weighted by atomic mass is 9.93. The van der Waals surface area contributed by atoms with Crippen LogP contribution in [0.1, 0.15) is 24.8 Å². The molecule has 1 aromatic heterocycles. The van der Waals surface area contributed by atoms with E-state index in [9.17, 15) is 4.79 Å². The molecule has 0 aromatic carbocycles. The number of pyridine rings is 1. The fraction of sp³-hybridized carbons (Fsp3) is 0.600. The van der Waals surface area contributed by atoms with Gasteiger partial charge in [0.1, 0.15) is 0 Å². The third kappa shape index (κ3) is 2.50. The molecule has 1 aromatic rings. The maximum absolute atomic E-state index is 12.3. The van der Waals surface area contributed by atoms with Gasteiger partial charge in [0.15, 0.2) is 0 Å². The summed E-state index contributed by atoms with van der Waals surface area (Å²) in [6.45, 7) is 1.45. The fourth-order valence-electron chi connectivity index (χ4n) is 3.51. The minimum atomic E-state index is -0.0230. The number of nitrogens with zero attached hydrogens (tertiary/aromatic N) is 1. The Bertz CT molecular complexity index is 492. The number of carbonyl (C=O) groups excluding carboxylic acids is 1. The van der Waals surface area contributed by atoms with Crippen LogP contribution in [0.4, 0.5) is 0 Å². The van der Waals surface area contributed by atoms with Crippen LogP contribution in [0.2, 0.25) is 0 Å². The smallest absolute Gasteiger partial charge is 0.237 e. The third-order valence-electron chi connectivity index (χ3n) is 4.52. The Morgan fingerprint density at radius 1 is 1.55 bits per heavy atom. The van der Waals surface area contributed by atoms with Gasteiger partial charge >= 0.3 is 0 Å². The van der Waals surface area contributed by atoms with Gasteiger partial charge in [0, 0.05) is 18.3 Å². The van der Waals surface area contributed by atoms with Gasteiger partial charge in [0.2, 0.25) is 11.8 Å². The lowest BCUT2D eigenvalue weighted by molar-refractivity contribution is -0.123. The predicted octanol–water partition coefficient (Wildman–Crippen LogP) is 1.09. The van der Waals surface area contributed by atoms with Gasteiger partial charge in [-0.25, -0.2) is 4.98 Å². The zero-order valence-corrected chi connectivity index (χ0v) is 11.8. The Labute approximate surface area is 119 Å². The second-order valence-electron chi connectivity index (χ2n) is 5.63. The van der Waals surface area contributed by atoms with Gasteiger partial charge in [-0.3, -0.25) is 4.79 Å². The molecular formula is C15H21N3O2. The Balaban J connectivity index is 1.59. The minimum Gasteiger partial charge on any atom is -0.481 e. The van der Waals surface area contributed by atoms with Crippen molar-refractivity contribution in [1.29, 1.82) is 0 Å². The highest BCUT2D eigenvalue weighted by molar-refractivity contribution is 5.82. The number of aromatic nitrogens is 1. The molecule has 1 aliphatic heterocycles. The molecule has 0 spiro atoms. The second-order valence-corrected chi connectivity index (χ2v) is 5.63. The van der Waals surface area contributed by atoms with Crippen molar-refractivity contribution < 1.29 is 9.53 Å². The van der Waals surface area contributed by atoms with Crippen molar-refractivity contribution in [3.8, 4) is 5.88 Å². The van der Waals surface area contributed by atoms with Crippen molar-refractivity contribution in [3.05, 3.63) is 23.9 Å². The molecule has 3 rings (SSSR count). The van der Waals surface area contributed by atoms with Crippen LogP contribution in [0.3, 0.4) is 0 Å². The molecule has 2 N–H and O–H groups in total. The van der Waals surface area contributed by atoms with Gasteiger partial charge in [-0.05, 0) is 37.3 Å². The van der Waals surface area contributed by atoms with Crippen molar-refractivity contribution in [2.75, 3.05) is 13.7 Å². The summed E-state index contributed by atoms with van der Waals surface area (Å²) in [6, 6.07) is 3.75. The zero-order chi connectivity index (χ0) is 13.9. The van der Waals surface area contributed by atoms with Gasteiger partial charge in [-0.15, -0.1) is 0 Å². The highest BCUT2D eigenvalue weighted by Crippen LogP contribution is 2.37. The average Bonchev–Trinajstić information content (AvgIpc) is 3.07. The van der Waals surface area contributed by atoms with Crippen LogP contribution in [0.15, 0.2) is 18.3 Å². The number of nitrogens with one attached hydrogen (secondary N) is 2. The van der Waals surface area contributed by atoms with E-state index in [-0.39, 0.29) is 11.9 Å². The number of fused-ring (bicyclic) bond motifs is 1. The fourth-order valence-corrected chi connectivity index (χ4v) is 3.51. The summed E-state index contributed by atoms with van der Waals surface area (Å²) in [5, 5.41) is 6.37. The van der Waals surface area contributed by atoms with E-state index >= 15 is 0 Å². The Morgan fingerprint density at radius 2 is 2.45 bits per heavy atom. The molecule has 20 heavy (non-hydrogen) atoms. The van der Waals surface area contributed by atoms with Crippen molar-refractivity contribution in [2.45, 2.75) is 31.8 Å². The minimum absolute atomic E-state index is 0.0230. The molecule has 3 atom stereocenters. The van der Waals surface area contributed by atoms with Gasteiger partial charge in [0.05, 0.1) is 13.2 Å². The molecule has 5 heteroatoms. The number of hydrogen-bond donors (Lipinski definition) is 2. The molecule has 108 valence electrons. The average molecular weight is 275 g/mol. The lowest BCUT2D eigenvalue weighted by Gasteiger charge is -2.18. The van der Waals surface area contributed by atoms with E-state index in [0.717, 1.165) is 12.1 Å². The molecule has 2 aliphatic rings. The maximum atomic E-state index is 12.3. The quantitative estimate of drug-likeness (QED) is 0.863. The Hall–Kier alpha value is -1.62. The van der Waals surface area contributed by atoms with E-state index in [4.69, 9.17) is 4.74 Å². The van der Waals surface area contributed by atoms with E-state index in [0.29, 0.717) is 24.3 Å². The van der Waals surface area contributed by atoms with Gasteiger partial charge in [-0.2, -0.15) is 0 Å². The van der Waals surface area contributed by atoms with Crippen LogP contribution in [0.25, 0.3) is 0 Å². The molecule has 0 bridgehead atoms. The first-order valence-electron chi connectivity index (χ1n) is 7.28. The summed E-state index contributed by atoms with van der Waals surface area (Å²) in [5.41, 5.74) is 0.907. The largest absolute Gasteiger partial charge is 0.481 e. The van der Waals surface area contributed by atoms with Crippen molar-refractivity contribution in [3.63, 3.8) is 0 Å². The van der Waals surface area contributed by atoms with Crippen molar-refractivity contribution >= 4 is 5.91 Å². The van der Waals surface area contributed by atoms with Gasteiger partial charge in [0.25, 0.3) is 0 Å². The van der Waals surface area contributed by atoms with E-state index in [1.165, 1.54) is 19.3 Å². The first-order chi connectivity index (χ1) is 9.79. The number of carbonyl (C=O) groups is 1. The molecule has 1 aliphatic carbocycles. The number of rotatable bonds is 4. The number of ether oxygens (including phenoxy) is 1. The highest BCUT2D eigenvalue weighted by atomic mass is 16.5. The second kappa shape index (κ2) is 5.79. The molecule has 1 saturated heterocycles. The standard InChI is InChI=1S/C15H21N3O2/c1-20-15-11(5-3-7-16-15)9-18-14(19)13-12-6-2-4-10(12)8-17-13/h3,5,7,10,12-13,17H,2,4,6,8-9H2,1H3,(H,18,19). The third-order valence-corrected chi connectivity index (χ3v) is 4.52. The molecule has 2 fully saturated rings. The molecule has 2 heterocycles. The summed E-state index contributed by atoms with van der Waals surface area (Å²) >= 11 is 0. The van der Waals surface area contributed by atoms with Crippen molar-refractivity contribution in [2.24, 2.45) is 11.8 Å². The van der Waals surface area contributed by atoms with E-state index in [1.807, 2.05) is 12.1 Å².